The number of nitrogens with zero attached hydrogens (tertiary/aromatic N) is 2. The summed E-state index contributed by atoms with van der Waals surface area (Å²) < 4.78 is 2.28. The van der Waals surface area contributed by atoms with Crippen LogP contribution < -0.4 is 34.0 Å². The first-order valence-electron chi connectivity index (χ1n) is 15.5. The van der Waals surface area contributed by atoms with Gasteiger partial charge in [-0.3, -0.25) is 0 Å². The van der Waals surface area contributed by atoms with E-state index in [2.05, 4.69) is 27.7 Å². The Balaban J connectivity index is -0.00000544. The molecule has 0 aliphatic rings. The minimum absolute atomic E-state index is 0. The Morgan fingerprint density at radius 3 is 0.750 bits per heavy atom. The largest absolute Gasteiger partial charge is 1.00 e. The van der Waals surface area contributed by atoms with Crippen LogP contribution in [0.25, 0.3) is 0 Å². The molecule has 0 aromatic heterocycles. The molecule has 0 aliphatic heterocycles. The lowest BCUT2D eigenvalue weighted by atomic mass is 10.0. The average molecular weight is 647 g/mol. The molecule has 0 amide bonds. The summed E-state index contributed by atoms with van der Waals surface area (Å²) in [6.45, 7) is 19.1. The maximum Gasteiger partial charge on any atom is 0.102 e. The molecular weight excluding hydrogens is 580 g/mol. The van der Waals surface area contributed by atoms with E-state index in [9.17, 15) is 10.2 Å². The van der Waals surface area contributed by atoms with Crippen LogP contribution in [0.2, 0.25) is 0 Å². The molecule has 0 aromatic rings. The molecule has 2 N–H and O–H groups in total. The van der Waals surface area contributed by atoms with E-state index in [-0.39, 0.29) is 34.0 Å². The SMILES string of the molecule is CCC[N+](CCC)(CCO)CCCCCCCCCCCCCC[N+](CCC)(CCC)CCO.[Br-].[Br-]. The maximum atomic E-state index is 9.53. The molecule has 0 aliphatic carbocycles. The van der Waals surface area contributed by atoms with Crippen LogP contribution in [0, 0.1) is 0 Å². The fourth-order valence-corrected chi connectivity index (χ4v) is 6.33. The minimum Gasteiger partial charge on any atom is -1.00 e. The third kappa shape index (κ3) is 20.7. The first-order chi connectivity index (χ1) is 16.6. The monoisotopic (exact) mass is 644 g/mol. The molecule has 0 radical (unpaired) electrons. The number of quaternary nitrogens is 2. The Labute approximate surface area is 248 Å². The van der Waals surface area contributed by atoms with Crippen molar-refractivity contribution in [3.63, 3.8) is 0 Å². The van der Waals surface area contributed by atoms with Crippen LogP contribution in [-0.4, -0.2) is 84.8 Å². The van der Waals surface area contributed by atoms with Crippen molar-refractivity contribution in [3.8, 4) is 0 Å². The van der Waals surface area contributed by atoms with E-state index in [1.165, 1.54) is 142 Å². The van der Waals surface area contributed by atoms with Crippen LogP contribution in [0.15, 0.2) is 0 Å². The number of halogens is 2. The summed E-state index contributed by atoms with van der Waals surface area (Å²) in [7, 11) is 0. The number of hydrogen-bond donors (Lipinski definition) is 2. The number of aliphatic hydroxyl groups is 2. The molecule has 0 spiro atoms. The Morgan fingerprint density at radius 1 is 0.333 bits per heavy atom. The van der Waals surface area contributed by atoms with Crippen LogP contribution in [0.3, 0.4) is 0 Å². The Kier molecular flexibility index (Phi) is 33.0. The summed E-state index contributed by atoms with van der Waals surface area (Å²) in [5, 5.41) is 19.1. The van der Waals surface area contributed by atoms with E-state index in [1.54, 1.807) is 0 Å². The molecule has 0 rings (SSSR count). The van der Waals surface area contributed by atoms with Gasteiger partial charge < -0.3 is 53.1 Å². The summed E-state index contributed by atoms with van der Waals surface area (Å²) in [5.74, 6) is 0. The van der Waals surface area contributed by atoms with Crippen LogP contribution >= 0.6 is 0 Å². The van der Waals surface area contributed by atoms with Gasteiger partial charge in [-0.2, -0.15) is 0 Å². The Bertz CT molecular complexity index is 356. The number of rotatable bonds is 27. The summed E-state index contributed by atoms with van der Waals surface area (Å²) in [5.41, 5.74) is 0. The molecule has 0 atom stereocenters. The van der Waals surface area contributed by atoms with E-state index in [0.717, 1.165) is 22.1 Å². The van der Waals surface area contributed by atoms with Crippen molar-refractivity contribution in [2.75, 3.05) is 65.6 Å². The molecule has 222 valence electrons. The second kappa shape index (κ2) is 28.8. The standard InChI is InChI=1S/C30H66N2O2.2BrH/c1-5-21-31(22-6-2,27-29-33)25-19-17-15-13-11-9-10-12-14-16-18-20-26-32(23-7-3,24-8-4)28-30-34;;/h33-34H,5-30H2,1-4H3;2*1H/q+2;;/p-2. The van der Waals surface area contributed by atoms with Gasteiger partial charge in [0.05, 0.1) is 52.5 Å². The first kappa shape index (κ1) is 41.3. The predicted molar refractivity (Wildman–Crippen MR) is 150 cm³/mol. The highest BCUT2D eigenvalue weighted by Gasteiger charge is 2.25. The molecule has 36 heavy (non-hydrogen) atoms. The molecule has 6 heteroatoms. The fraction of sp³-hybridized carbons (Fsp3) is 1.00. The first-order valence-corrected chi connectivity index (χ1v) is 15.5. The molecule has 0 bridgehead atoms. The molecule has 0 saturated heterocycles. The van der Waals surface area contributed by atoms with Crippen molar-refractivity contribution in [2.24, 2.45) is 0 Å². The van der Waals surface area contributed by atoms with Gasteiger partial charge in [0.1, 0.15) is 13.1 Å². The van der Waals surface area contributed by atoms with E-state index >= 15 is 0 Å². The fourth-order valence-electron chi connectivity index (χ4n) is 6.33. The lowest BCUT2D eigenvalue weighted by Crippen LogP contribution is -3.00. The molecule has 4 nitrogen and oxygen atoms in total. The summed E-state index contributed by atoms with van der Waals surface area (Å²) in [6.07, 6.45) is 21.5. The third-order valence-electron chi connectivity index (χ3n) is 7.96. The average Bonchev–Trinajstić information content (AvgIpc) is 2.80. The van der Waals surface area contributed by atoms with Crippen molar-refractivity contribution >= 4 is 0 Å². The van der Waals surface area contributed by atoms with Gasteiger partial charge in [0, 0.05) is 0 Å². The maximum absolute atomic E-state index is 9.53. The highest BCUT2D eigenvalue weighted by Crippen LogP contribution is 2.17. The molecule has 0 saturated carbocycles. The van der Waals surface area contributed by atoms with Crippen LogP contribution in [0.5, 0.6) is 0 Å². The summed E-state index contributed by atoms with van der Waals surface area (Å²) >= 11 is 0. The summed E-state index contributed by atoms with van der Waals surface area (Å²) in [4.78, 5) is 0. The number of hydrogen-bond acceptors (Lipinski definition) is 2. The molecular formula is C30H66Br2N2O2. The topological polar surface area (TPSA) is 40.5 Å². The van der Waals surface area contributed by atoms with E-state index < -0.39 is 0 Å². The van der Waals surface area contributed by atoms with Crippen molar-refractivity contribution in [1.82, 2.24) is 0 Å². The van der Waals surface area contributed by atoms with Gasteiger partial charge in [0.2, 0.25) is 0 Å². The zero-order valence-electron chi connectivity index (χ0n) is 24.9. The minimum atomic E-state index is 0. The van der Waals surface area contributed by atoms with Crippen LogP contribution in [0.1, 0.15) is 130 Å². The zero-order chi connectivity index (χ0) is 25.4. The Hall–Kier alpha value is 0.800. The zero-order valence-corrected chi connectivity index (χ0v) is 28.1. The van der Waals surface area contributed by atoms with E-state index in [0.29, 0.717) is 13.2 Å². The molecule has 0 unspecified atom stereocenters. The van der Waals surface area contributed by atoms with Gasteiger partial charge in [-0.1, -0.05) is 79.1 Å². The van der Waals surface area contributed by atoms with Gasteiger partial charge in [-0.05, 0) is 51.4 Å². The lowest BCUT2D eigenvalue weighted by molar-refractivity contribution is -0.928. The van der Waals surface area contributed by atoms with Crippen molar-refractivity contribution in [2.45, 2.75) is 130 Å². The van der Waals surface area contributed by atoms with E-state index in [1.807, 2.05) is 0 Å². The second-order valence-corrected chi connectivity index (χ2v) is 11.2. The summed E-state index contributed by atoms with van der Waals surface area (Å²) in [6, 6.07) is 0. The smallest absolute Gasteiger partial charge is 0.102 e. The quantitative estimate of drug-likeness (QED) is 0.103. The highest BCUT2D eigenvalue weighted by molar-refractivity contribution is 4.52. The number of aliphatic hydroxyl groups excluding tert-OH is 2. The molecule has 0 aromatic carbocycles. The van der Waals surface area contributed by atoms with Gasteiger partial charge in [0.25, 0.3) is 0 Å². The lowest BCUT2D eigenvalue weighted by Gasteiger charge is -2.38. The van der Waals surface area contributed by atoms with Crippen molar-refractivity contribution in [3.05, 3.63) is 0 Å². The van der Waals surface area contributed by atoms with Crippen LogP contribution in [0.4, 0.5) is 0 Å². The number of unbranched alkanes of at least 4 members (excludes halogenated alkanes) is 11. The second-order valence-electron chi connectivity index (χ2n) is 11.2. The highest BCUT2D eigenvalue weighted by atomic mass is 79.9. The molecule has 0 fully saturated rings. The predicted octanol–water partition coefficient (Wildman–Crippen LogP) is 0.934. The molecule has 0 heterocycles. The van der Waals surface area contributed by atoms with Gasteiger partial charge in [-0.15, -0.1) is 0 Å². The van der Waals surface area contributed by atoms with Crippen molar-refractivity contribution < 1.29 is 53.1 Å². The van der Waals surface area contributed by atoms with E-state index in [4.69, 9.17) is 0 Å². The van der Waals surface area contributed by atoms with Gasteiger partial charge >= 0.3 is 0 Å². The van der Waals surface area contributed by atoms with Gasteiger partial charge in [0.15, 0.2) is 0 Å². The van der Waals surface area contributed by atoms with Crippen molar-refractivity contribution in [1.29, 1.82) is 0 Å². The Morgan fingerprint density at radius 2 is 0.556 bits per heavy atom. The van der Waals surface area contributed by atoms with Gasteiger partial charge in [-0.25, -0.2) is 0 Å². The normalized spacial score (nSPS) is 11.8. The third-order valence-corrected chi connectivity index (χ3v) is 7.96. The van der Waals surface area contributed by atoms with Crippen LogP contribution in [-0.2, 0) is 0 Å².